The van der Waals surface area contributed by atoms with E-state index in [2.05, 4.69) is 28.6 Å². The maximum atomic E-state index is 9.46. The largest absolute Gasteiger partial charge is 0.387 e. The van der Waals surface area contributed by atoms with E-state index in [1.165, 1.54) is 0 Å². The van der Waals surface area contributed by atoms with Gasteiger partial charge in [-0.25, -0.2) is 0 Å². The van der Waals surface area contributed by atoms with Crippen LogP contribution in [0.5, 0.6) is 0 Å². The van der Waals surface area contributed by atoms with Gasteiger partial charge in [0.2, 0.25) is 0 Å². The number of hydrogen-bond donors (Lipinski definition) is 1. The van der Waals surface area contributed by atoms with E-state index in [1.54, 1.807) is 13.1 Å². The predicted octanol–water partition coefficient (Wildman–Crippen LogP) is 0.937. The van der Waals surface area contributed by atoms with Crippen LogP contribution in [0.3, 0.4) is 0 Å². The zero-order valence-corrected chi connectivity index (χ0v) is 10.6. The van der Waals surface area contributed by atoms with Crippen molar-refractivity contribution in [2.75, 3.05) is 32.7 Å². The summed E-state index contributed by atoms with van der Waals surface area (Å²) in [6, 6.07) is 0. The molecule has 1 aliphatic rings. The van der Waals surface area contributed by atoms with E-state index in [9.17, 15) is 5.11 Å². The maximum Gasteiger partial charge on any atom is 0.0911 e. The van der Waals surface area contributed by atoms with Crippen LogP contribution in [0.2, 0.25) is 0 Å². The van der Waals surface area contributed by atoms with Crippen molar-refractivity contribution >= 4 is 5.71 Å². The minimum atomic E-state index is -0.444. The van der Waals surface area contributed by atoms with Crippen LogP contribution in [0.25, 0.3) is 0 Å². The number of nitrogens with zero attached hydrogens (tertiary/aromatic N) is 3. The lowest BCUT2D eigenvalue weighted by Crippen LogP contribution is -2.38. The molecule has 0 spiro atoms. The van der Waals surface area contributed by atoms with Crippen LogP contribution in [0, 0.1) is 0 Å². The summed E-state index contributed by atoms with van der Waals surface area (Å²) in [5.74, 6) is 0. The molecule has 0 radical (unpaired) electrons. The molecule has 1 heterocycles. The van der Waals surface area contributed by atoms with Crippen molar-refractivity contribution in [1.29, 1.82) is 0 Å². The van der Waals surface area contributed by atoms with Gasteiger partial charge < -0.3 is 14.9 Å². The number of likely N-dealkylation sites (N-methyl/N-ethyl adjacent to an activating group) is 1. The average Bonchev–Trinajstić information content (AvgIpc) is 2.31. The van der Waals surface area contributed by atoms with Gasteiger partial charge in [-0.3, -0.25) is 4.99 Å². The predicted molar refractivity (Wildman–Crippen MR) is 67.6 cm³/mol. The Bertz CT molecular complexity index is 257. The number of rotatable bonds is 6. The number of aliphatic hydroxyl groups excluding tert-OH is 1. The minimum Gasteiger partial charge on any atom is -0.387 e. The van der Waals surface area contributed by atoms with E-state index in [0.717, 1.165) is 38.4 Å². The molecule has 1 rings (SSSR count). The molecular weight excluding hydrogens is 202 g/mol. The fourth-order valence-electron chi connectivity index (χ4n) is 1.73. The molecule has 0 saturated heterocycles. The Morgan fingerprint density at radius 1 is 1.50 bits per heavy atom. The molecule has 1 unspecified atom stereocenters. The minimum absolute atomic E-state index is 0.444. The fourth-order valence-corrected chi connectivity index (χ4v) is 1.73. The van der Waals surface area contributed by atoms with E-state index < -0.39 is 6.10 Å². The summed E-state index contributed by atoms with van der Waals surface area (Å²) in [4.78, 5) is 8.77. The van der Waals surface area contributed by atoms with Crippen molar-refractivity contribution < 1.29 is 5.11 Å². The molecule has 0 bridgehead atoms. The standard InChI is InChI=1S/C12H23N3O/c1-4-14(5-2)8-9-15-7-6-13-12(10-15)11(3)16/h6-7,11,16H,4-5,8-10H2,1-3H3. The monoisotopic (exact) mass is 225 g/mol. The second-order valence-corrected chi connectivity index (χ2v) is 4.09. The van der Waals surface area contributed by atoms with Crippen molar-refractivity contribution in [3.05, 3.63) is 12.4 Å². The number of aliphatic imine (C=N–C) groups is 1. The third-order valence-electron chi connectivity index (χ3n) is 2.96. The van der Waals surface area contributed by atoms with Crippen LogP contribution in [0.4, 0.5) is 0 Å². The Morgan fingerprint density at radius 3 is 2.75 bits per heavy atom. The van der Waals surface area contributed by atoms with Gasteiger partial charge in [-0.15, -0.1) is 0 Å². The Labute approximate surface area is 98.3 Å². The van der Waals surface area contributed by atoms with Gasteiger partial charge >= 0.3 is 0 Å². The van der Waals surface area contributed by atoms with Crippen LogP contribution >= 0.6 is 0 Å². The highest BCUT2D eigenvalue weighted by molar-refractivity contribution is 5.91. The number of aliphatic hydroxyl groups is 1. The molecule has 0 aliphatic carbocycles. The van der Waals surface area contributed by atoms with Gasteiger partial charge in [-0.1, -0.05) is 13.8 Å². The summed E-state index contributed by atoms with van der Waals surface area (Å²) >= 11 is 0. The molecule has 0 saturated carbocycles. The van der Waals surface area contributed by atoms with E-state index >= 15 is 0 Å². The molecule has 1 atom stereocenters. The maximum absolute atomic E-state index is 9.46. The lowest BCUT2D eigenvalue weighted by Gasteiger charge is -2.27. The molecule has 4 nitrogen and oxygen atoms in total. The van der Waals surface area contributed by atoms with Gasteiger partial charge in [-0.05, 0) is 20.0 Å². The molecule has 0 aromatic heterocycles. The Balaban J connectivity index is 2.35. The first-order chi connectivity index (χ1) is 7.67. The summed E-state index contributed by atoms with van der Waals surface area (Å²) in [5, 5.41) is 9.46. The van der Waals surface area contributed by atoms with Gasteiger partial charge in [0, 0.05) is 25.5 Å². The molecule has 1 N–H and O–H groups in total. The zero-order chi connectivity index (χ0) is 12.0. The summed E-state index contributed by atoms with van der Waals surface area (Å²) in [6.45, 7) is 11.1. The summed E-state index contributed by atoms with van der Waals surface area (Å²) in [5.41, 5.74) is 0.849. The topological polar surface area (TPSA) is 39.1 Å². The highest BCUT2D eigenvalue weighted by Crippen LogP contribution is 2.03. The molecule has 16 heavy (non-hydrogen) atoms. The van der Waals surface area contributed by atoms with E-state index in [1.807, 2.05) is 6.20 Å². The van der Waals surface area contributed by atoms with E-state index in [-0.39, 0.29) is 0 Å². The fraction of sp³-hybridized carbons (Fsp3) is 0.750. The van der Waals surface area contributed by atoms with Crippen molar-refractivity contribution in [2.45, 2.75) is 26.9 Å². The molecule has 1 aliphatic heterocycles. The van der Waals surface area contributed by atoms with E-state index in [0.29, 0.717) is 0 Å². The molecule has 0 fully saturated rings. The third kappa shape index (κ3) is 3.94. The van der Waals surface area contributed by atoms with Crippen molar-refractivity contribution in [1.82, 2.24) is 9.80 Å². The van der Waals surface area contributed by atoms with Crippen LogP contribution in [0.1, 0.15) is 20.8 Å². The van der Waals surface area contributed by atoms with Gasteiger partial charge in [0.1, 0.15) is 0 Å². The van der Waals surface area contributed by atoms with E-state index in [4.69, 9.17) is 0 Å². The van der Waals surface area contributed by atoms with Gasteiger partial charge in [-0.2, -0.15) is 0 Å². The van der Waals surface area contributed by atoms with Crippen LogP contribution in [-0.4, -0.2) is 59.4 Å². The van der Waals surface area contributed by atoms with Crippen molar-refractivity contribution in [3.63, 3.8) is 0 Å². The summed E-state index contributed by atoms with van der Waals surface area (Å²) < 4.78 is 0. The first-order valence-electron chi connectivity index (χ1n) is 6.05. The van der Waals surface area contributed by atoms with Crippen LogP contribution in [0.15, 0.2) is 17.4 Å². The summed E-state index contributed by atoms with van der Waals surface area (Å²) in [7, 11) is 0. The normalized spacial score (nSPS) is 17.8. The quantitative estimate of drug-likeness (QED) is 0.731. The van der Waals surface area contributed by atoms with Crippen molar-refractivity contribution in [3.8, 4) is 0 Å². The highest BCUT2D eigenvalue weighted by Gasteiger charge is 2.13. The van der Waals surface area contributed by atoms with Gasteiger partial charge in [0.05, 0.1) is 18.4 Å². The Kier molecular flexibility index (Phi) is 5.49. The van der Waals surface area contributed by atoms with Crippen LogP contribution < -0.4 is 0 Å². The van der Waals surface area contributed by atoms with Gasteiger partial charge in [0.25, 0.3) is 0 Å². The zero-order valence-electron chi connectivity index (χ0n) is 10.6. The second-order valence-electron chi connectivity index (χ2n) is 4.09. The highest BCUT2D eigenvalue weighted by atomic mass is 16.3. The Morgan fingerprint density at radius 2 is 2.19 bits per heavy atom. The van der Waals surface area contributed by atoms with Gasteiger partial charge in [0.15, 0.2) is 0 Å². The smallest absolute Gasteiger partial charge is 0.0911 e. The molecule has 92 valence electrons. The van der Waals surface area contributed by atoms with Crippen LogP contribution in [-0.2, 0) is 0 Å². The Hall–Kier alpha value is -0.870. The SMILES string of the molecule is CCN(CC)CCN1C=CN=C(C(C)O)C1. The first kappa shape index (κ1) is 13.2. The molecule has 0 amide bonds. The average molecular weight is 225 g/mol. The molecule has 0 aromatic carbocycles. The first-order valence-corrected chi connectivity index (χ1v) is 6.05. The molecule has 0 aromatic rings. The third-order valence-corrected chi connectivity index (χ3v) is 2.96. The molecule has 4 heteroatoms. The lowest BCUT2D eigenvalue weighted by molar-refractivity contribution is 0.243. The number of hydrogen-bond acceptors (Lipinski definition) is 4. The summed E-state index contributed by atoms with van der Waals surface area (Å²) in [6.07, 6.45) is 3.32. The lowest BCUT2D eigenvalue weighted by atomic mass is 10.2. The van der Waals surface area contributed by atoms with Crippen molar-refractivity contribution in [2.24, 2.45) is 4.99 Å². The second kappa shape index (κ2) is 6.66. The molecular formula is C12H23N3O.